The summed E-state index contributed by atoms with van der Waals surface area (Å²) in [6.07, 6.45) is 1.77. The van der Waals surface area contributed by atoms with Gasteiger partial charge in [-0.3, -0.25) is 9.59 Å². The first-order valence-electron chi connectivity index (χ1n) is 9.32. The van der Waals surface area contributed by atoms with E-state index in [4.69, 9.17) is 11.6 Å². The molecular weight excluding hydrogens is 486 g/mol. The fraction of sp³-hybridized carbons (Fsp3) is 0.0952. The minimum absolute atomic E-state index is 0.127. The summed E-state index contributed by atoms with van der Waals surface area (Å²) in [5.74, 6) is -0.147. The molecule has 0 bridgehead atoms. The lowest BCUT2D eigenvalue weighted by Gasteiger charge is -2.04. The van der Waals surface area contributed by atoms with Gasteiger partial charge in [0.15, 0.2) is 9.51 Å². The molecule has 1 saturated heterocycles. The fourth-order valence-corrected chi connectivity index (χ4v) is 5.07. The quantitative estimate of drug-likeness (QED) is 0.359. The van der Waals surface area contributed by atoms with E-state index in [1.807, 2.05) is 43.3 Å². The van der Waals surface area contributed by atoms with Crippen LogP contribution in [0.2, 0.25) is 5.02 Å². The average molecular weight is 502 g/mol. The second-order valence-corrected chi connectivity index (χ2v) is 10.2. The summed E-state index contributed by atoms with van der Waals surface area (Å²) in [7, 11) is 0. The first-order chi connectivity index (χ1) is 15.4. The van der Waals surface area contributed by atoms with Gasteiger partial charge in [0.05, 0.1) is 10.7 Å². The number of carbonyl (C=O) groups is 2. The molecular formula is C21H16ClN5O2S3. The molecule has 0 unspecified atom stereocenters. The summed E-state index contributed by atoms with van der Waals surface area (Å²) in [6, 6.07) is 14.8. The van der Waals surface area contributed by atoms with Gasteiger partial charge in [0.1, 0.15) is 0 Å². The zero-order chi connectivity index (χ0) is 22.5. The van der Waals surface area contributed by atoms with Gasteiger partial charge in [-0.25, -0.2) is 0 Å². The molecule has 7 nitrogen and oxygen atoms in total. The van der Waals surface area contributed by atoms with Gasteiger partial charge < -0.3 is 10.6 Å². The second-order valence-electron chi connectivity index (χ2n) is 6.59. The van der Waals surface area contributed by atoms with Crippen molar-refractivity contribution in [1.82, 2.24) is 15.5 Å². The fourth-order valence-electron chi connectivity index (χ4n) is 2.55. The number of aromatic nitrogens is 2. The third-order valence-corrected chi connectivity index (χ3v) is 7.19. The number of carbonyl (C=O) groups excluding carboxylic acids is 2. The van der Waals surface area contributed by atoms with Crippen molar-refractivity contribution in [3.8, 4) is 0 Å². The van der Waals surface area contributed by atoms with Crippen molar-refractivity contribution in [2.24, 2.45) is 4.99 Å². The van der Waals surface area contributed by atoms with Crippen LogP contribution in [-0.2, 0) is 9.59 Å². The standard InChI is InChI=1S/C21H16ClN5O2S3/c1-12-2-8-15(9-3-12)23-17(28)11-30-21-27-26-20(32-21)25-19-24-18(29)16(31-19)10-13-4-6-14(22)7-5-13/h2-10H,11H2,1H3,(H,23,28)(H,24,25,26,29)/b16-10-. The minimum atomic E-state index is -0.226. The Morgan fingerprint density at radius 3 is 2.69 bits per heavy atom. The summed E-state index contributed by atoms with van der Waals surface area (Å²) < 4.78 is 0.620. The molecule has 0 atom stereocenters. The lowest BCUT2D eigenvalue weighted by Crippen LogP contribution is -2.19. The lowest BCUT2D eigenvalue weighted by atomic mass is 10.2. The zero-order valence-electron chi connectivity index (χ0n) is 16.7. The van der Waals surface area contributed by atoms with Crippen LogP contribution in [0.5, 0.6) is 0 Å². The Balaban J connectivity index is 1.33. The SMILES string of the molecule is Cc1ccc(NC(=O)CSc2nnc(/N=C3\NC(=O)/C(=C/c4ccc(Cl)cc4)S3)s2)cc1. The average Bonchev–Trinajstić information content (AvgIpc) is 3.36. The van der Waals surface area contributed by atoms with Crippen molar-refractivity contribution < 1.29 is 9.59 Å². The molecule has 4 rings (SSSR count). The first kappa shape index (κ1) is 22.5. The van der Waals surface area contributed by atoms with Crippen LogP contribution >= 0.6 is 46.5 Å². The normalized spacial score (nSPS) is 15.9. The summed E-state index contributed by atoms with van der Waals surface area (Å²) in [5.41, 5.74) is 2.75. The summed E-state index contributed by atoms with van der Waals surface area (Å²) in [4.78, 5) is 29.2. The number of aliphatic imine (C=N–C) groups is 1. The predicted octanol–water partition coefficient (Wildman–Crippen LogP) is 5.12. The molecule has 162 valence electrons. The Morgan fingerprint density at radius 1 is 1.19 bits per heavy atom. The third-order valence-electron chi connectivity index (χ3n) is 4.07. The van der Waals surface area contributed by atoms with E-state index in [2.05, 4.69) is 25.8 Å². The van der Waals surface area contributed by atoms with Gasteiger partial charge in [-0.1, -0.05) is 64.5 Å². The van der Waals surface area contributed by atoms with Crippen molar-refractivity contribution in [1.29, 1.82) is 0 Å². The van der Waals surface area contributed by atoms with Gasteiger partial charge in [-0.2, -0.15) is 4.99 Å². The molecule has 2 heterocycles. The van der Waals surface area contributed by atoms with Gasteiger partial charge in [-0.15, -0.1) is 10.2 Å². The summed E-state index contributed by atoms with van der Waals surface area (Å²) in [5, 5.41) is 15.1. The maximum Gasteiger partial charge on any atom is 0.264 e. The number of amidine groups is 1. The van der Waals surface area contributed by atoms with E-state index >= 15 is 0 Å². The van der Waals surface area contributed by atoms with Crippen LogP contribution in [-0.4, -0.2) is 32.9 Å². The van der Waals surface area contributed by atoms with Crippen molar-refractivity contribution in [3.63, 3.8) is 0 Å². The number of thioether (sulfide) groups is 2. The van der Waals surface area contributed by atoms with Gasteiger partial charge in [0.2, 0.25) is 11.0 Å². The molecule has 3 aromatic rings. The molecule has 11 heteroatoms. The van der Waals surface area contributed by atoms with E-state index in [-0.39, 0.29) is 17.6 Å². The Kier molecular flexibility index (Phi) is 7.26. The Bertz CT molecular complexity index is 1210. The largest absolute Gasteiger partial charge is 0.325 e. The highest BCUT2D eigenvalue weighted by Crippen LogP contribution is 2.31. The molecule has 0 radical (unpaired) electrons. The smallest absolute Gasteiger partial charge is 0.264 e. The number of halogens is 1. The molecule has 1 aliphatic heterocycles. The van der Waals surface area contributed by atoms with E-state index in [9.17, 15) is 9.59 Å². The molecule has 0 spiro atoms. The number of anilines is 1. The Morgan fingerprint density at radius 2 is 1.94 bits per heavy atom. The van der Waals surface area contributed by atoms with Crippen LogP contribution in [0.25, 0.3) is 6.08 Å². The molecule has 0 saturated carbocycles. The number of hydrogen-bond acceptors (Lipinski definition) is 8. The van der Waals surface area contributed by atoms with Crippen LogP contribution in [0.3, 0.4) is 0 Å². The van der Waals surface area contributed by atoms with Crippen LogP contribution in [0, 0.1) is 6.92 Å². The van der Waals surface area contributed by atoms with Crippen molar-refractivity contribution >= 4 is 80.3 Å². The number of rotatable bonds is 6. The molecule has 2 N–H and O–H groups in total. The van der Waals surface area contributed by atoms with Gasteiger partial charge in [-0.05, 0) is 54.6 Å². The highest BCUT2D eigenvalue weighted by molar-refractivity contribution is 8.18. The number of nitrogens with one attached hydrogen (secondary N) is 2. The van der Waals surface area contributed by atoms with Crippen LogP contribution < -0.4 is 10.6 Å². The number of nitrogens with zero attached hydrogens (tertiary/aromatic N) is 3. The number of amides is 2. The lowest BCUT2D eigenvalue weighted by molar-refractivity contribution is -0.115. The number of aryl methyl sites for hydroxylation is 1. The predicted molar refractivity (Wildman–Crippen MR) is 133 cm³/mol. The maximum atomic E-state index is 12.2. The highest BCUT2D eigenvalue weighted by atomic mass is 35.5. The number of benzene rings is 2. The van der Waals surface area contributed by atoms with Crippen molar-refractivity contribution in [3.05, 3.63) is 69.6 Å². The zero-order valence-corrected chi connectivity index (χ0v) is 19.9. The van der Waals surface area contributed by atoms with E-state index < -0.39 is 0 Å². The second kappa shape index (κ2) is 10.3. The first-order valence-corrected chi connectivity index (χ1v) is 12.3. The summed E-state index contributed by atoms with van der Waals surface area (Å²) in [6.45, 7) is 1.99. The Hall–Kier alpha value is -2.66. The molecule has 1 fully saturated rings. The molecule has 32 heavy (non-hydrogen) atoms. The maximum absolute atomic E-state index is 12.2. The van der Waals surface area contributed by atoms with E-state index in [0.29, 0.717) is 24.6 Å². The number of hydrogen-bond donors (Lipinski definition) is 2. The van der Waals surface area contributed by atoms with Gasteiger partial charge >= 0.3 is 0 Å². The highest BCUT2D eigenvalue weighted by Gasteiger charge is 2.24. The van der Waals surface area contributed by atoms with Crippen LogP contribution in [0.4, 0.5) is 10.8 Å². The van der Waals surface area contributed by atoms with Gasteiger partial charge in [0, 0.05) is 10.7 Å². The molecule has 1 aliphatic rings. The molecule has 2 aromatic carbocycles. The van der Waals surface area contributed by atoms with E-state index in [1.54, 1.807) is 18.2 Å². The molecule has 1 aromatic heterocycles. The molecule has 2 amide bonds. The van der Waals surface area contributed by atoms with E-state index in [0.717, 1.165) is 16.8 Å². The van der Waals surface area contributed by atoms with Gasteiger partial charge in [0.25, 0.3) is 5.91 Å². The molecule has 0 aliphatic carbocycles. The minimum Gasteiger partial charge on any atom is -0.325 e. The Labute approximate surface area is 201 Å². The monoisotopic (exact) mass is 501 g/mol. The van der Waals surface area contributed by atoms with Crippen LogP contribution in [0.1, 0.15) is 11.1 Å². The van der Waals surface area contributed by atoms with Crippen LogP contribution in [0.15, 0.2) is 62.8 Å². The summed E-state index contributed by atoms with van der Waals surface area (Å²) >= 11 is 9.65. The van der Waals surface area contributed by atoms with Crippen molar-refractivity contribution in [2.75, 3.05) is 11.1 Å². The van der Waals surface area contributed by atoms with E-state index in [1.165, 1.54) is 34.9 Å². The third kappa shape index (κ3) is 6.19. The topological polar surface area (TPSA) is 96.3 Å². The van der Waals surface area contributed by atoms with Crippen molar-refractivity contribution in [2.45, 2.75) is 11.3 Å².